The number of hydrogen-bond acceptors (Lipinski definition) is 4. The van der Waals surface area contributed by atoms with Crippen LogP contribution in [0.2, 0.25) is 0 Å². The van der Waals surface area contributed by atoms with Gasteiger partial charge in [-0.15, -0.1) is 0 Å². The summed E-state index contributed by atoms with van der Waals surface area (Å²) in [5.41, 5.74) is 2.58. The van der Waals surface area contributed by atoms with E-state index in [-0.39, 0.29) is 29.7 Å². The van der Waals surface area contributed by atoms with Gasteiger partial charge in [0.2, 0.25) is 0 Å². The van der Waals surface area contributed by atoms with Gasteiger partial charge in [0.1, 0.15) is 11.6 Å². The molecule has 32 heavy (non-hydrogen) atoms. The van der Waals surface area contributed by atoms with Gasteiger partial charge >= 0.3 is 6.18 Å². The first-order valence-electron chi connectivity index (χ1n) is 10.3. The maximum absolute atomic E-state index is 13.0. The van der Waals surface area contributed by atoms with E-state index >= 15 is 0 Å². The number of rotatable bonds is 3. The lowest BCUT2D eigenvalue weighted by atomic mass is 9.97. The summed E-state index contributed by atoms with van der Waals surface area (Å²) >= 11 is 0. The van der Waals surface area contributed by atoms with Gasteiger partial charge in [-0.1, -0.05) is 13.8 Å². The number of carbonyl (C=O) groups excluding carboxylic acids is 1. The number of hydrogen-bond donors (Lipinski definition) is 1. The topological polar surface area (TPSA) is 66.3 Å². The van der Waals surface area contributed by atoms with Gasteiger partial charge in [0, 0.05) is 42.1 Å². The van der Waals surface area contributed by atoms with E-state index < -0.39 is 11.7 Å². The lowest BCUT2D eigenvalue weighted by Crippen LogP contribution is -2.37. The highest BCUT2D eigenvalue weighted by Crippen LogP contribution is 2.32. The van der Waals surface area contributed by atoms with E-state index in [1.54, 1.807) is 29.2 Å². The van der Waals surface area contributed by atoms with Crippen LogP contribution in [0.4, 0.5) is 13.2 Å². The molecule has 0 saturated heterocycles. The van der Waals surface area contributed by atoms with Crippen molar-refractivity contribution in [1.82, 2.24) is 14.9 Å². The second-order valence-corrected chi connectivity index (χ2v) is 8.11. The van der Waals surface area contributed by atoms with Crippen molar-refractivity contribution in [3.63, 3.8) is 0 Å². The average molecular weight is 441 g/mol. The van der Waals surface area contributed by atoms with Crippen LogP contribution in [0, 0.1) is 0 Å². The van der Waals surface area contributed by atoms with E-state index in [1.165, 1.54) is 12.1 Å². The molecular weight excluding hydrogens is 419 g/mol. The molecule has 0 bridgehead atoms. The fourth-order valence-electron chi connectivity index (χ4n) is 3.71. The predicted molar refractivity (Wildman–Crippen MR) is 113 cm³/mol. The number of phenolic OH excluding ortho intramolecular Hbond substituents is 1. The molecule has 2 heterocycles. The second kappa shape index (κ2) is 8.26. The van der Waals surface area contributed by atoms with E-state index in [0.717, 1.165) is 29.0 Å². The van der Waals surface area contributed by atoms with Crippen LogP contribution in [-0.2, 0) is 19.1 Å². The lowest BCUT2D eigenvalue weighted by molar-refractivity contribution is -0.137. The van der Waals surface area contributed by atoms with Gasteiger partial charge in [-0.05, 0) is 48.5 Å². The Bertz CT molecular complexity index is 1140. The molecule has 0 atom stereocenters. The molecule has 0 unspecified atom stereocenters. The molecule has 1 aromatic heterocycles. The quantitative estimate of drug-likeness (QED) is 0.608. The Hall–Kier alpha value is -3.42. The first-order valence-corrected chi connectivity index (χ1v) is 10.3. The van der Waals surface area contributed by atoms with Crippen LogP contribution in [-0.4, -0.2) is 32.4 Å². The summed E-state index contributed by atoms with van der Waals surface area (Å²) in [6.07, 6.45) is -3.93. The van der Waals surface area contributed by atoms with Gasteiger partial charge in [-0.25, -0.2) is 9.97 Å². The molecule has 3 aromatic rings. The van der Waals surface area contributed by atoms with Crippen LogP contribution in [0.15, 0.2) is 48.5 Å². The first-order chi connectivity index (χ1) is 15.1. The maximum atomic E-state index is 13.0. The van der Waals surface area contributed by atoms with Gasteiger partial charge < -0.3 is 10.0 Å². The Balaban J connectivity index is 1.68. The van der Waals surface area contributed by atoms with Crippen LogP contribution < -0.4 is 0 Å². The summed E-state index contributed by atoms with van der Waals surface area (Å²) in [6.45, 7) is 4.68. The van der Waals surface area contributed by atoms with Crippen molar-refractivity contribution in [2.24, 2.45) is 0 Å². The Morgan fingerprint density at radius 1 is 1.03 bits per heavy atom. The largest absolute Gasteiger partial charge is 0.508 e. The summed E-state index contributed by atoms with van der Waals surface area (Å²) in [5.74, 6) is 0.617. The molecule has 0 aliphatic carbocycles. The Morgan fingerprint density at radius 2 is 1.69 bits per heavy atom. The van der Waals surface area contributed by atoms with Gasteiger partial charge in [0.25, 0.3) is 5.91 Å². The molecule has 1 N–H and O–H groups in total. The monoisotopic (exact) mass is 441 g/mol. The number of amides is 1. The third-order valence-electron chi connectivity index (χ3n) is 5.48. The Kier molecular flexibility index (Phi) is 5.62. The van der Waals surface area contributed by atoms with Crippen LogP contribution in [0.3, 0.4) is 0 Å². The van der Waals surface area contributed by atoms with Gasteiger partial charge in [-0.3, -0.25) is 4.79 Å². The number of fused-ring (bicyclic) bond motifs is 1. The molecule has 2 aromatic carbocycles. The average Bonchev–Trinajstić information content (AvgIpc) is 2.77. The molecule has 1 aliphatic rings. The van der Waals surface area contributed by atoms with Crippen molar-refractivity contribution < 1.29 is 23.1 Å². The summed E-state index contributed by atoms with van der Waals surface area (Å²) in [4.78, 5) is 24.0. The van der Waals surface area contributed by atoms with Crippen molar-refractivity contribution in [2.45, 2.75) is 38.9 Å². The van der Waals surface area contributed by atoms with E-state index in [9.17, 15) is 23.1 Å². The molecule has 8 heteroatoms. The number of carbonyl (C=O) groups is 1. The summed E-state index contributed by atoms with van der Waals surface area (Å²) in [6, 6.07) is 10.9. The third kappa shape index (κ3) is 4.30. The van der Waals surface area contributed by atoms with Crippen LogP contribution >= 0.6 is 0 Å². The van der Waals surface area contributed by atoms with Crippen molar-refractivity contribution in [1.29, 1.82) is 0 Å². The predicted octanol–water partition coefficient (Wildman–Crippen LogP) is 5.19. The second-order valence-electron chi connectivity index (χ2n) is 8.11. The molecule has 0 saturated carbocycles. The van der Waals surface area contributed by atoms with Crippen molar-refractivity contribution in [3.8, 4) is 17.0 Å². The summed E-state index contributed by atoms with van der Waals surface area (Å²) in [5, 5.41) is 9.64. The van der Waals surface area contributed by atoms with E-state index in [1.807, 2.05) is 13.8 Å². The molecule has 0 fully saturated rings. The number of nitrogens with zero attached hydrogens (tertiary/aromatic N) is 3. The standard InChI is InChI=1S/C24H22F3N3O2/c1-14(2)22-28-20-11-12-30(23(32)16-3-7-17(8-4-16)24(25,26)27)13-19(20)21(29-22)15-5-9-18(31)10-6-15/h3-10,14,31H,11-13H2,1-2H3. The summed E-state index contributed by atoms with van der Waals surface area (Å²) in [7, 11) is 0. The summed E-state index contributed by atoms with van der Waals surface area (Å²) < 4.78 is 38.5. The number of halogens is 3. The van der Waals surface area contributed by atoms with Crippen molar-refractivity contribution in [2.75, 3.05) is 6.54 Å². The highest BCUT2D eigenvalue weighted by Gasteiger charge is 2.31. The fourth-order valence-corrected chi connectivity index (χ4v) is 3.71. The Labute approximate surface area is 183 Å². The molecule has 166 valence electrons. The van der Waals surface area contributed by atoms with Crippen molar-refractivity contribution >= 4 is 5.91 Å². The highest BCUT2D eigenvalue weighted by molar-refractivity contribution is 5.94. The molecular formula is C24H22F3N3O2. The zero-order valence-corrected chi connectivity index (χ0v) is 17.6. The first kappa shape index (κ1) is 21.8. The molecule has 1 aliphatic heterocycles. The SMILES string of the molecule is CC(C)c1nc2c(c(-c3ccc(O)cc3)n1)CN(C(=O)c1ccc(C(F)(F)F)cc1)CC2. The van der Waals surface area contributed by atoms with Gasteiger partial charge in [0.05, 0.1) is 17.0 Å². The number of aromatic nitrogens is 2. The zero-order valence-electron chi connectivity index (χ0n) is 17.6. The maximum Gasteiger partial charge on any atom is 0.416 e. The zero-order chi connectivity index (χ0) is 23.0. The molecule has 0 spiro atoms. The molecule has 1 amide bonds. The van der Waals surface area contributed by atoms with Crippen LogP contribution in [0.25, 0.3) is 11.3 Å². The van der Waals surface area contributed by atoms with E-state index in [2.05, 4.69) is 0 Å². The van der Waals surface area contributed by atoms with E-state index in [0.29, 0.717) is 24.5 Å². The van der Waals surface area contributed by atoms with Gasteiger partial charge in [-0.2, -0.15) is 13.2 Å². The number of aromatic hydroxyl groups is 1. The van der Waals surface area contributed by atoms with Gasteiger partial charge in [0.15, 0.2) is 0 Å². The van der Waals surface area contributed by atoms with Crippen LogP contribution in [0.1, 0.15) is 52.8 Å². The Morgan fingerprint density at radius 3 is 2.28 bits per heavy atom. The number of alkyl halides is 3. The third-order valence-corrected chi connectivity index (χ3v) is 5.48. The van der Waals surface area contributed by atoms with Crippen molar-refractivity contribution in [3.05, 3.63) is 76.7 Å². The minimum absolute atomic E-state index is 0.114. The smallest absolute Gasteiger partial charge is 0.416 e. The minimum Gasteiger partial charge on any atom is -0.508 e. The van der Waals surface area contributed by atoms with E-state index in [4.69, 9.17) is 9.97 Å². The molecule has 4 rings (SSSR count). The molecule has 5 nitrogen and oxygen atoms in total. The lowest BCUT2D eigenvalue weighted by Gasteiger charge is -2.30. The fraction of sp³-hybridized carbons (Fsp3) is 0.292. The highest BCUT2D eigenvalue weighted by atomic mass is 19.4. The number of phenols is 1. The normalized spacial score (nSPS) is 13.9. The van der Waals surface area contributed by atoms with Crippen LogP contribution in [0.5, 0.6) is 5.75 Å². The minimum atomic E-state index is -4.45. The number of benzene rings is 2. The molecule has 0 radical (unpaired) electrons.